The minimum atomic E-state index is -1.98. The van der Waals surface area contributed by atoms with E-state index < -0.39 is 52.4 Å². The van der Waals surface area contributed by atoms with Gasteiger partial charge in [0.25, 0.3) is 0 Å². The molecule has 4 aliphatic carbocycles. The molecular weight excluding hydrogens is 363 g/mol. The van der Waals surface area contributed by atoms with Crippen LogP contribution in [0.15, 0.2) is 23.8 Å². The third kappa shape index (κ3) is 2.01. The highest BCUT2D eigenvalue weighted by molar-refractivity contribution is 6.01. The van der Waals surface area contributed by atoms with Crippen molar-refractivity contribution in [2.45, 2.75) is 63.8 Å². The number of hydrogen-bond acceptors (Lipinski definition) is 5. The summed E-state index contributed by atoms with van der Waals surface area (Å²) in [6.07, 6.45) is 4.44. The molecule has 4 rings (SSSR count). The third-order valence-corrected chi connectivity index (χ3v) is 8.79. The summed E-state index contributed by atoms with van der Waals surface area (Å²) in [6.45, 7) is 4.48. The Labute approximate surface area is 164 Å². The number of Topliss-reactive ketones (excluding diaryl/α,β-unsaturated/α-hetero) is 1. The molecule has 0 saturated heterocycles. The van der Waals surface area contributed by atoms with Crippen molar-refractivity contribution in [1.29, 1.82) is 0 Å². The van der Waals surface area contributed by atoms with E-state index in [0.29, 0.717) is 24.8 Å². The molecule has 4 aliphatic rings. The number of allylic oxidation sites excluding steroid dienone is 4. The second kappa shape index (κ2) is 5.83. The summed E-state index contributed by atoms with van der Waals surface area (Å²) in [5.41, 5.74) is -5.17. The first-order valence-electron chi connectivity index (χ1n) is 10.1. The van der Waals surface area contributed by atoms with E-state index in [1.807, 2.05) is 0 Å². The fourth-order valence-corrected chi connectivity index (χ4v) is 7.26. The minimum Gasteiger partial charge on any atom is -0.390 e. The number of aliphatic hydroxyl groups is 3. The Morgan fingerprint density at radius 1 is 1.32 bits per heavy atom. The van der Waals surface area contributed by atoms with Crippen LogP contribution in [-0.2, 0) is 9.59 Å². The molecule has 154 valence electrons. The molecule has 0 heterocycles. The molecular formula is C22H29FO5. The van der Waals surface area contributed by atoms with Crippen LogP contribution < -0.4 is 0 Å². The number of carbonyl (C=O) groups excluding carboxylic acids is 2. The predicted molar refractivity (Wildman–Crippen MR) is 99.9 cm³/mol. The lowest BCUT2D eigenvalue weighted by Crippen LogP contribution is -2.69. The second-order valence-electron chi connectivity index (χ2n) is 9.75. The van der Waals surface area contributed by atoms with Gasteiger partial charge >= 0.3 is 0 Å². The maximum absolute atomic E-state index is 16.9. The summed E-state index contributed by atoms with van der Waals surface area (Å²) < 4.78 is 16.9. The van der Waals surface area contributed by atoms with Crippen LogP contribution in [0.3, 0.4) is 0 Å². The lowest BCUT2D eigenvalue weighted by Gasteiger charge is -2.62. The normalized spacial score (nSPS) is 52.5. The van der Waals surface area contributed by atoms with E-state index in [4.69, 9.17) is 0 Å². The van der Waals surface area contributed by atoms with E-state index in [1.165, 1.54) is 12.2 Å². The Kier molecular flexibility index (Phi) is 4.15. The highest BCUT2D eigenvalue weighted by Gasteiger charge is 2.75. The van der Waals surface area contributed by atoms with Crippen LogP contribution in [0, 0.1) is 28.6 Å². The van der Waals surface area contributed by atoms with Gasteiger partial charge in [-0.05, 0) is 56.6 Å². The Balaban J connectivity index is 1.84. The first kappa shape index (κ1) is 19.9. The SMILES string of the molecule is CC1CC2C3CCC4=CC(=O)C=C[C@]4(C)C3(F)[C@@H](O)C[C@]2(C)C1(O)C(=O)CO. The Hall–Kier alpha value is -1.37. The molecule has 5 unspecified atom stereocenters. The minimum absolute atomic E-state index is 0.0676. The third-order valence-electron chi connectivity index (χ3n) is 8.79. The van der Waals surface area contributed by atoms with Gasteiger partial charge < -0.3 is 15.3 Å². The number of halogens is 1. The monoisotopic (exact) mass is 392 g/mol. The van der Waals surface area contributed by atoms with Crippen molar-refractivity contribution in [3.63, 3.8) is 0 Å². The van der Waals surface area contributed by atoms with Crippen LogP contribution in [0.2, 0.25) is 0 Å². The standard InChI is InChI=1S/C22H29FO5/c1-12-8-16-15-5-4-13-9-14(25)6-7-19(13,2)21(15,23)17(26)10-20(16,3)22(12,28)18(27)11-24/h6-7,9,12,15-17,24,26,28H,4-5,8,10-11H2,1-3H3/t12?,15?,16?,17-,19-,20-,21?,22?/m0/s1. The molecule has 3 N–H and O–H groups in total. The van der Waals surface area contributed by atoms with Crippen LogP contribution in [0.25, 0.3) is 0 Å². The van der Waals surface area contributed by atoms with Gasteiger partial charge in [0, 0.05) is 16.7 Å². The zero-order valence-electron chi connectivity index (χ0n) is 16.6. The predicted octanol–water partition coefficient (Wildman–Crippen LogP) is 1.90. The van der Waals surface area contributed by atoms with Crippen molar-refractivity contribution < 1.29 is 29.3 Å². The van der Waals surface area contributed by atoms with Gasteiger partial charge in [0.05, 0.1) is 6.10 Å². The van der Waals surface area contributed by atoms with Crippen molar-refractivity contribution in [3.05, 3.63) is 23.8 Å². The highest BCUT2D eigenvalue weighted by Crippen LogP contribution is 2.70. The number of fused-ring (bicyclic) bond motifs is 5. The van der Waals surface area contributed by atoms with Gasteiger partial charge in [-0.15, -0.1) is 0 Å². The van der Waals surface area contributed by atoms with Crippen molar-refractivity contribution in [1.82, 2.24) is 0 Å². The molecule has 5 nitrogen and oxygen atoms in total. The molecule has 0 amide bonds. The van der Waals surface area contributed by atoms with Crippen LogP contribution >= 0.6 is 0 Å². The van der Waals surface area contributed by atoms with Crippen molar-refractivity contribution in [3.8, 4) is 0 Å². The van der Waals surface area contributed by atoms with Gasteiger partial charge in [-0.25, -0.2) is 4.39 Å². The maximum Gasteiger partial charge on any atom is 0.190 e. The number of aliphatic hydroxyl groups excluding tert-OH is 2. The first-order chi connectivity index (χ1) is 13.0. The van der Waals surface area contributed by atoms with Crippen molar-refractivity contribution in [2.75, 3.05) is 6.61 Å². The summed E-state index contributed by atoms with van der Waals surface area (Å²) in [5, 5.41) is 32.0. The highest BCUT2D eigenvalue weighted by atomic mass is 19.1. The second-order valence-corrected chi connectivity index (χ2v) is 9.75. The van der Waals surface area contributed by atoms with Gasteiger partial charge in [-0.2, -0.15) is 0 Å². The molecule has 0 radical (unpaired) electrons. The maximum atomic E-state index is 16.9. The number of alkyl halides is 1. The average molecular weight is 392 g/mol. The molecule has 3 fully saturated rings. The van der Waals surface area contributed by atoms with E-state index in [2.05, 4.69) is 0 Å². The molecule has 0 aliphatic heterocycles. The quantitative estimate of drug-likeness (QED) is 0.667. The van der Waals surface area contributed by atoms with Crippen LogP contribution in [0.4, 0.5) is 4.39 Å². The molecule has 8 atom stereocenters. The fraction of sp³-hybridized carbons (Fsp3) is 0.727. The number of ketones is 2. The summed E-state index contributed by atoms with van der Waals surface area (Å²) in [5.74, 6) is -2.12. The average Bonchev–Trinajstić information content (AvgIpc) is 2.84. The molecule has 6 heteroatoms. The van der Waals surface area contributed by atoms with Gasteiger partial charge in [0.15, 0.2) is 17.2 Å². The lowest BCUT2D eigenvalue weighted by molar-refractivity contribution is -0.219. The number of carbonyl (C=O) groups is 2. The van der Waals surface area contributed by atoms with Gasteiger partial charge in [-0.3, -0.25) is 9.59 Å². The summed E-state index contributed by atoms with van der Waals surface area (Å²) in [7, 11) is 0. The molecule has 0 aromatic rings. The number of rotatable bonds is 2. The summed E-state index contributed by atoms with van der Waals surface area (Å²) in [6, 6.07) is 0. The summed E-state index contributed by atoms with van der Waals surface area (Å²) >= 11 is 0. The molecule has 0 aromatic heterocycles. The zero-order valence-corrected chi connectivity index (χ0v) is 16.6. The van der Waals surface area contributed by atoms with Crippen LogP contribution in [0.5, 0.6) is 0 Å². The Morgan fingerprint density at radius 2 is 2.00 bits per heavy atom. The fourth-order valence-electron chi connectivity index (χ4n) is 7.26. The van der Waals surface area contributed by atoms with Gasteiger partial charge in [0.2, 0.25) is 0 Å². The largest absolute Gasteiger partial charge is 0.390 e. The van der Waals surface area contributed by atoms with E-state index >= 15 is 4.39 Å². The molecule has 0 aromatic carbocycles. The van der Waals surface area contributed by atoms with Crippen molar-refractivity contribution in [2.24, 2.45) is 28.6 Å². The van der Waals surface area contributed by atoms with Crippen LogP contribution in [0.1, 0.15) is 46.5 Å². The van der Waals surface area contributed by atoms with E-state index in [-0.39, 0.29) is 18.1 Å². The van der Waals surface area contributed by atoms with Crippen LogP contribution in [-0.4, -0.2) is 50.9 Å². The Bertz CT molecular complexity index is 805. The van der Waals surface area contributed by atoms with E-state index in [1.54, 1.807) is 26.8 Å². The molecule has 28 heavy (non-hydrogen) atoms. The lowest BCUT2D eigenvalue weighted by atomic mass is 9.44. The molecule has 0 bridgehead atoms. The number of hydrogen-bond donors (Lipinski definition) is 3. The topological polar surface area (TPSA) is 94.8 Å². The first-order valence-corrected chi connectivity index (χ1v) is 10.1. The molecule has 0 spiro atoms. The van der Waals surface area contributed by atoms with Gasteiger partial charge in [-0.1, -0.05) is 25.5 Å². The molecule has 3 saturated carbocycles. The van der Waals surface area contributed by atoms with E-state index in [0.717, 1.165) is 0 Å². The zero-order chi connectivity index (χ0) is 20.7. The van der Waals surface area contributed by atoms with Crippen molar-refractivity contribution >= 4 is 11.6 Å². The smallest absolute Gasteiger partial charge is 0.190 e. The summed E-state index contributed by atoms with van der Waals surface area (Å²) in [4.78, 5) is 24.4. The van der Waals surface area contributed by atoms with Gasteiger partial charge in [0.1, 0.15) is 12.2 Å². The Morgan fingerprint density at radius 3 is 2.64 bits per heavy atom. The van der Waals surface area contributed by atoms with E-state index in [9.17, 15) is 24.9 Å².